The van der Waals surface area contributed by atoms with E-state index in [0.717, 1.165) is 12.8 Å². The molecule has 0 atom stereocenters. The van der Waals surface area contributed by atoms with Gasteiger partial charge in [0, 0.05) is 0 Å². The number of furan rings is 1. The van der Waals surface area contributed by atoms with Gasteiger partial charge in [0.2, 0.25) is 0 Å². The molecular formula is C15H16N2O4S. The average molecular weight is 320 g/mol. The van der Waals surface area contributed by atoms with Crippen molar-refractivity contribution in [1.82, 2.24) is 10.3 Å². The van der Waals surface area contributed by atoms with E-state index in [-0.39, 0.29) is 12.3 Å². The van der Waals surface area contributed by atoms with Crippen LogP contribution in [0.1, 0.15) is 41.8 Å². The Morgan fingerprint density at radius 2 is 2.18 bits per heavy atom. The van der Waals surface area contributed by atoms with Gasteiger partial charge in [-0.25, -0.2) is 4.98 Å². The van der Waals surface area contributed by atoms with E-state index in [1.54, 1.807) is 18.4 Å². The van der Waals surface area contributed by atoms with Crippen molar-refractivity contribution in [2.45, 2.75) is 37.6 Å². The third-order valence-corrected chi connectivity index (χ3v) is 4.90. The predicted molar refractivity (Wildman–Crippen MR) is 80.7 cm³/mol. The van der Waals surface area contributed by atoms with Crippen molar-refractivity contribution in [3.8, 4) is 10.8 Å². The van der Waals surface area contributed by atoms with Crippen LogP contribution in [0.4, 0.5) is 0 Å². The lowest BCUT2D eigenvalue weighted by molar-refractivity contribution is -0.138. The highest BCUT2D eigenvalue weighted by atomic mass is 32.1. The summed E-state index contributed by atoms with van der Waals surface area (Å²) in [4.78, 5) is 28.1. The number of hydrogen-bond donors (Lipinski definition) is 2. The van der Waals surface area contributed by atoms with Gasteiger partial charge in [-0.3, -0.25) is 9.59 Å². The van der Waals surface area contributed by atoms with E-state index in [1.807, 2.05) is 0 Å². The fourth-order valence-corrected chi connectivity index (χ4v) is 3.66. The largest absolute Gasteiger partial charge is 0.481 e. The molecular weight excluding hydrogens is 304 g/mol. The summed E-state index contributed by atoms with van der Waals surface area (Å²) in [5.74, 6) is -0.536. The Hall–Kier alpha value is -2.15. The Kier molecular flexibility index (Phi) is 3.98. The molecule has 0 aliphatic heterocycles. The highest BCUT2D eigenvalue weighted by molar-refractivity contribution is 7.16. The monoisotopic (exact) mass is 320 g/mol. The second-order valence-corrected chi connectivity index (χ2v) is 6.55. The third kappa shape index (κ3) is 3.04. The minimum absolute atomic E-state index is 0.0391. The minimum atomic E-state index is -0.886. The van der Waals surface area contributed by atoms with Crippen molar-refractivity contribution < 1.29 is 19.1 Å². The number of carboxylic acids is 1. The Balaban J connectivity index is 1.75. The van der Waals surface area contributed by atoms with Gasteiger partial charge in [-0.1, -0.05) is 12.8 Å². The van der Waals surface area contributed by atoms with Gasteiger partial charge in [-0.05, 0) is 25.0 Å². The Bertz CT molecular complexity index is 672. The van der Waals surface area contributed by atoms with Gasteiger partial charge in [-0.2, -0.15) is 0 Å². The first-order chi connectivity index (χ1) is 10.6. The van der Waals surface area contributed by atoms with E-state index in [1.165, 1.54) is 17.5 Å². The van der Waals surface area contributed by atoms with Crippen LogP contribution < -0.4 is 5.32 Å². The number of amides is 1. The van der Waals surface area contributed by atoms with Crippen LogP contribution in [0.2, 0.25) is 0 Å². The van der Waals surface area contributed by atoms with Gasteiger partial charge in [-0.15, -0.1) is 11.3 Å². The molecule has 0 unspecified atom stereocenters. The highest BCUT2D eigenvalue weighted by Crippen LogP contribution is 2.33. The quantitative estimate of drug-likeness (QED) is 0.883. The molecule has 6 nitrogen and oxygen atoms in total. The van der Waals surface area contributed by atoms with Crippen LogP contribution in [0.5, 0.6) is 0 Å². The zero-order chi connectivity index (χ0) is 15.6. The minimum Gasteiger partial charge on any atom is -0.481 e. The maximum atomic E-state index is 12.4. The lowest BCUT2D eigenvalue weighted by Gasteiger charge is -2.28. The number of carbonyl (C=O) groups excluding carboxylic acids is 1. The molecule has 1 amide bonds. The number of carboxylic acid groups (broad SMARTS) is 1. The number of nitrogens with zero attached hydrogens (tertiary/aromatic N) is 1. The van der Waals surface area contributed by atoms with E-state index in [0.29, 0.717) is 28.5 Å². The topological polar surface area (TPSA) is 92.4 Å². The number of carbonyl (C=O) groups is 2. The van der Waals surface area contributed by atoms with Gasteiger partial charge >= 0.3 is 5.97 Å². The number of rotatable bonds is 5. The average Bonchev–Trinajstić information content (AvgIpc) is 3.19. The van der Waals surface area contributed by atoms with Crippen LogP contribution in [0.15, 0.2) is 29.0 Å². The van der Waals surface area contributed by atoms with E-state index < -0.39 is 11.5 Å². The lowest BCUT2D eigenvalue weighted by atomic mass is 9.93. The van der Waals surface area contributed by atoms with Crippen molar-refractivity contribution >= 4 is 23.2 Å². The molecule has 1 saturated carbocycles. The maximum absolute atomic E-state index is 12.4. The van der Waals surface area contributed by atoms with Gasteiger partial charge in [0.05, 0.1) is 24.4 Å². The van der Waals surface area contributed by atoms with Crippen LogP contribution >= 0.6 is 11.3 Å². The standard InChI is InChI=1S/C15H16N2O4S/c18-12(19)8-15(5-1-2-6-15)17-13(20)11-9-16-14(22-11)10-4-3-7-21-10/h3-4,7,9H,1-2,5-6,8H2,(H,17,20)(H,18,19). The summed E-state index contributed by atoms with van der Waals surface area (Å²) in [6.07, 6.45) is 6.30. The summed E-state index contributed by atoms with van der Waals surface area (Å²) >= 11 is 1.24. The smallest absolute Gasteiger partial charge is 0.305 e. The van der Waals surface area contributed by atoms with Gasteiger partial charge in [0.25, 0.3) is 5.91 Å². The molecule has 116 valence electrons. The number of aromatic nitrogens is 1. The maximum Gasteiger partial charge on any atom is 0.305 e. The SMILES string of the molecule is O=C(O)CC1(NC(=O)c2cnc(-c3ccco3)s2)CCCC1. The summed E-state index contributed by atoms with van der Waals surface area (Å²) in [7, 11) is 0. The molecule has 2 aromatic heterocycles. The van der Waals surface area contributed by atoms with E-state index in [9.17, 15) is 9.59 Å². The van der Waals surface area contributed by atoms with Crippen LogP contribution in [0.25, 0.3) is 10.8 Å². The molecule has 2 N–H and O–H groups in total. The molecule has 1 aliphatic rings. The van der Waals surface area contributed by atoms with Crippen LogP contribution in [-0.2, 0) is 4.79 Å². The molecule has 7 heteroatoms. The van der Waals surface area contributed by atoms with E-state index in [2.05, 4.69) is 10.3 Å². The summed E-state index contributed by atoms with van der Waals surface area (Å²) < 4.78 is 5.26. The van der Waals surface area contributed by atoms with Crippen LogP contribution in [0.3, 0.4) is 0 Å². The molecule has 0 bridgehead atoms. The summed E-state index contributed by atoms with van der Waals surface area (Å²) in [5, 5.41) is 12.6. The molecule has 1 aliphatic carbocycles. The molecule has 2 heterocycles. The summed E-state index contributed by atoms with van der Waals surface area (Å²) in [5.41, 5.74) is -0.627. The first-order valence-corrected chi connectivity index (χ1v) is 7.94. The van der Waals surface area contributed by atoms with Crippen molar-refractivity contribution in [3.63, 3.8) is 0 Å². The Morgan fingerprint density at radius 3 is 2.82 bits per heavy atom. The highest BCUT2D eigenvalue weighted by Gasteiger charge is 2.37. The molecule has 2 aromatic rings. The zero-order valence-electron chi connectivity index (χ0n) is 11.9. The molecule has 0 radical (unpaired) electrons. The third-order valence-electron chi connectivity index (χ3n) is 3.89. The number of hydrogen-bond acceptors (Lipinski definition) is 5. The molecule has 22 heavy (non-hydrogen) atoms. The van der Waals surface area contributed by atoms with Gasteiger partial charge in [0.1, 0.15) is 4.88 Å². The first kappa shape index (κ1) is 14.8. The number of aliphatic carboxylic acids is 1. The lowest BCUT2D eigenvalue weighted by Crippen LogP contribution is -2.47. The van der Waals surface area contributed by atoms with Gasteiger partial charge < -0.3 is 14.8 Å². The first-order valence-electron chi connectivity index (χ1n) is 7.12. The Morgan fingerprint density at radius 1 is 1.41 bits per heavy atom. The summed E-state index contributed by atoms with van der Waals surface area (Å²) in [6.45, 7) is 0. The molecule has 0 spiro atoms. The molecule has 0 aromatic carbocycles. The molecule has 0 saturated heterocycles. The van der Waals surface area contributed by atoms with Crippen molar-refractivity contribution in [1.29, 1.82) is 0 Å². The fourth-order valence-electron chi connectivity index (χ4n) is 2.88. The van der Waals surface area contributed by atoms with E-state index >= 15 is 0 Å². The normalized spacial score (nSPS) is 16.5. The van der Waals surface area contributed by atoms with Crippen molar-refractivity contribution in [2.24, 2.45) is 0 Å². The Labute approximate surface area is 131 Å². The predicted octanol–water partition coefficient (Wildman–Crippen LogP) is 2.92. The fraction of sp³-hybridized carbons (Fsp3) is 0.400. The zero-order valence-corrected chi connectivity index (χ0v) is 12.7. The van der Waals surface area contributed by atoms with Crippen molar-refractivity contribution in [2.75, 3.05) is 0 Å². The van der Waals surface area contributed by atoms with Crippen LogP contribution in [0, 0.1) is 0 Å². The summed E-state index contributed by atoms with van der Waals surface area (Å²) in [6, 6.07) is 3.54. The van der Waals surface area contributed by atoms with Crippen molar-refractivity contribution in [3.05, 3.63) is 29.5 Å². The second kappa shape index (κ2) is 5.92. The molecule has 1 fully saturated rings. The number of nitrogens with one attached hydrogen (secondary N) is 1. The van der Waals surface area contributed by atoms with Crippen LogP contribution in [-0.4, -0.2) is 27.5 Å². The van der Waals surface area contributed by atoms with E-state index in [4.69, 9.17) is 9.52 Å². The molecule has 3 rings (SSSR count). The second-order valence-electron chi connectivity index (χ2n) is 5.52. The van der Waals surface area contributed by atoms with Gasteiger partial charge in [0.15, 0.2) is 10.8 Å². The number of thiazole rings is 1.